The Kier molecular flexibility index (Phi) is 7.15. The quantitative estimate of drug-likeness (QED) is 0.498. The number of aromatic nitrogens is 1. The van der Waals surface area contributed by atoms with E-state index in [1.807, 2.05) is 4.90 Å². The van der Waals surface area contributed by atoms with E-state index in [0.717, 1.165) is 25.9 Å². The van der Waals surface area contributed by atoms with Crippen LogP contribution in [0.15, 0.2) is 48.8 Å². The van der Waals surface area contributed by atoms with Gasteiger partial charge in [0.25, 0.3) is 5.91 Å². The van der Waals surface area contributed by atoms with Crippen LogP contribution in [0.5, 0.6) is 0 Å². The maximum atomic E-state index is 11.9. The summed E-state index contributed by atoms with van der Waals surface area (Å²) in [5.41, 5.74) is 1.42. The van der Waals surface area contributed by atoms with Crippen molar-refractivity contribution in [3.63, 3.8) is 0 Å². The van der Waals surface area contributed by atoms with Gasteiger partial charge in [-0.1, -0.05) is 18.2 Å². The van der Waals surface area contributed by atoms with E-state index in [1.165, 1.54) is 6.20 Å². The molecule has 1 aliphatic heterocycles. The molecule has 1 saturated heterocycles. The van der Waals surface area contributed by atoms with E-state index in [-0.39, 0.29) is 5.91 Å². The van der Waals surface area contributed by atoms with Crippen LogP contribution >= 0.6 is 0 Å². The fourth-order valence-corrected chi connectivity index (χ4v) is 2.43. The maximum absolute atomic E-state index is 11.9. The molecular weight excluding hydrogens is 322 g/mol. The fourth-order valence-electron chi connectivity index (χ4n) is 2.43. The molecule has 0 saturated carbocycles. The number of likely N-dealkylation sites (tertiary alicyclic amines) is 1. The van der Waals surface area contributed by atoms with Crippen molar-refractivity contribution >= 4 is 31.1 Å². The van der Waals surface area contributed by atoms with E-state index in [9.17, 15) is 4.79 Å². The van der Waals surface area contributed by atoms with Gasteiger partial charge in [0.15, 0.2) is 0 Å². The van der Waals surface area contributed by atoms with Crippen molar-refractivity contribution in [1.29, 1.82) is 0 Å². The second-order valence-corrected chi connectivity index (χ2v) is 5.66. The summed E-state index contributed by atoms with van der Waals surface area (Å²) in [5.74, 6) is 0.0245. The highest BCUT2D eigenvalue weighted by Crippen LogP contribution is 2.12. The summed E-state index contributed by atoms with van der Waals surface area (Å²) in [4.78, 5) is 17.4. The highest BCUT2D eigenvalue weighted by molar-refractivity contribution is 6.58. The zero-order chi connectivity index (χ0) is 18.2. The lowest BCUT2D eigenvalue weighted by Gasteiger charge is -2.15. The largest absolute Gasteiger partial charge is 0.490 e. The third-order valence-electron chi connectivity index (χ3n) is 3.83. The van der Waals surface area contributed by atoms with Crippen molar-refractivity contribution in [2.45, 2.75) is 12.8 Å². The van der Waals surface area contributed by atoms with Crippen molar-refractivity contribution < 1.29 is 24.9 Å². The Balaban J connectivity index is 0.000000212. The van der Waals surface area contributed by atoms with Gasteiger partial charge in [-0.15, -0.1) is 0 Å². The zero-order valence-electron chi connectivity index (χ0n) is 13.7. The number of carbonyl (C=O) groups is 1. The van der Waals surface area contributed by atoms with Gasteiger partial charge in [-0.25, -0.2) is 0 Å². The van der Waals surface area contributed by atoms with Gasteiger partial charge in [-0.3, -0.25) is 9.78 Å². The Labute approximate surface area is 146 Å². The molecule has 1 amide bonds. The SMILES string of the molecule is O=C(c1ccc(B(O)O)cc1)N1CCCC1.OB(O)c1cccnc1. The van der Waals surface area contributed by atoms with Crippen LogP contribution in [-0.4, -0.2) is 63.2 Å². The summed E-state index contributed by atoms with van der Waals surface area (Å²) >= 11 is 0. The van der Waals surface area contributed by atoms with Gasteiger partial charge in [-0.2, -0.15) is 0 Å². The first-order valence-corrected chi connectivity index (χ1v) is 8.00. The van der Waals surface area contributed by atoms with Crippen LogP contribution < -0.4 is 10.9 Å². The molecule has 2 heterocycles. The van der Waals surface area contributed by atoms with E-state index in [2.05, 4.69) is 4.98 Å². The van der Waals surface area contributed by atoms with Gasteiger partial charge in [-0.05, 0) is 36.5 Å². The second kappa shape index (κ2) is 9.33. The molecule has 0 unspecified atom stereocenters. The van der Waals surface area contributed by atoms with Gasteiger partial charge in [0, 0.05) is 36.5 Å². The molecule has 7 nitrogen and oxygen atoms in total. The number of nitrogens with zero attached hydrogens (tertiary/aromatic N) is 2. The van der Waals surface area contributed by atoms with Gasteiger partial charge < -0.3 is 25.0 Å². The summed E-state index contributed by atoms with van der Waals surface area (Å²) in [7, 11) is -2.88. The first-order valence-electron chi connectivity index (χ1n) is 8.00. The van der Waals surface area contributed by atoms with E-state index in [1.54, 1.807) is 42.6 Å². The van der Waals surface area contributed by atoms with Gasteiger partial charge in [0.1, 0.15) is 0 Å². The van der Waals surface area contributed by atoms with Crippen LogP contribution in [-0.2, 0) is 0 Å². The number of hydrogen-bond acceptors (Lipinski definition) is 6. The van der Waals surface area contributed by atoms with Gasteiger partial charge >= 0.3 is 14.2 Å². The molecule has 1 fully saturated rings. The lowest BCUT2D eigenvalue weighted by molar-refractivity contribution is 0.0793. The Morgan fingerprint density at radius 3 is 1.96 bits per heavy atom. The number of rotatable bonds is 3. The number of pyridine rings is 1. The topological polar surface area (TPSA) is 114 Å². The predicted molar refractivity (Wildman–Crippen MR) is 95.5 cm³/mol. The minimum absolute atomic E-state index is 0.0245. The zero-order valence-corrected chi connectivity index (χ0v) is 13.7. The standard InChI is InChI=1S/C11H14BNO3.C5H6BNO2/c14-11(13-7-1-2-8-13)9-3-5-10(6-4-9)12(15)16;8-6(9)5-2-1-3-7-4-5/h3-6,15-16H,1-2,7-8H2;1-4,8-9H. The van der Waals surface area contributed by atoms with Crippen molar-refractivity contribution in [1.82, 2.24) is 9.88 Å². The molecule has 2 aromatic rings. The summed E-state index contributed by atoms with van der Waals surface area (Å²) < 4.78 is 0. The monoisotopic (exact) mass is 342 g/mol. The highest BCUT2D eigenvalue weighted by Gasteiger charge is 2.20. The van der Waals surface area contributed by atoms with Crippen LogP contribution in [0.3, 0.4) is 0 Å². The molecule has 1 aliphatic rings. The summed E-state index contributed by atoms with van der Waals surface area (Å²) in [6.45, 7) is 1.65. The van der Waals surface area contributed by atoms with Gasteiger partial charge in [0.2, 0.25) is 0 Å². The Bertz CT molecular complexity index is 662. The van der Waals surface area contributed by atoms with Crippen molar-refractivity contribution in [2.75, 3.05) is 13.1 Å². The summed E-state index contributed by atoms with van der Waals surface area (Å²) in [6, 6.07) is 9.64. The molecule has 0 aliphatic carbocycles. The molecular formula is C16H20B2N2O5. The maximum Gasteiger partial charge on any atom is 0.490 e. The average molecular weight is 342 g/mol. The molecule has 9 heteroatoms. The lowest BCUT2D eigenvalue weighted by Crippen LogP contribution is -2.31. The van der Waals surface area contributed by atoms with Crippen LogP contribution in [0, 0.1) is 0 Å². The molecule has 3 rings (SSSR count). The average Bonchev–Trinajstić information content (AvgIpc) is 3.17. The van der Waals surface area contributed by atoms with E-state index in [0.29, 0.717) is 16.5 Å². The minimum Gasteiger partial charge on any atom is -0.423 e. The number of benzene rings is 1. The minimum atomic E-state index is -1.48. The van der Waals surface area contributed by atoms with E-state index < -0.39 is 14.2 Å². The molecule has 1 aromatic carbocycles. The first-order chi connectivity index (χ1) is 12.0. The third-order valence-corrected chi connectivity index (χ3v) is 3.83. The van der Waals surface area contributed by atoms with E-state index >= 15 is 0 Å². The van der Waals surface area contributed by atoms with Crippen LogP contribution in [0.1, 0.15) is 23.2 Å². The number of hydrogen-bond donors (Lipinski definition) is 4. The molecule has 0 atom stereocenters. The molecule has 0 bridgehead atoms. The normalized spacial score (nSPS) is 13.0. The predicted octanol–water partition coefficient (Wildman–Crippen LogP) is -1.64. The molecule has 130 valence electrons. The van der Waals surface area contributed by atoms with Crippen molar-refractivity contribution in [3.05, 3.63) is 54.4 Å². The van der Waals surface area contributed by atoms with Crippen LogP contribution in [0.2, 0.25) is 0 Å². The lowest BCUT2D eigenvalue weighted by atomic mass is 9.80. The number of carbonyl (C=O) groups excluding carboxylic acids is 1. The third kappa shape index (κ3) is 5.68. The van der Waals surface area contributed by atoms with Crippen molar-refractivity contribution in [3.8, 4) is 0 Å². The molecule has 4 N–H and O–H groups in total. The molecule has 0 spiro atoms. The Hall–Kier alpha value is -2.19. The molecule has 0 radical (unpaired) electrons. The van der Waals surface area contributed by atoms with Crippen LogP contribution in [0.25, 0.3) is 0 Å². The summed E-state index contributed by atoms with van der Waals surface area (Å²) in [5, 5.41) is 34.9. The molecule has 25 heavy (non-hydrogen) atoms. The first kappa shape index (κ1) is 19.1. The number of amides is 1. The van der Waals surface area contributed by atoms with E-state index in [4.69, 9.17) is 20.1 Å². The fraction of sp³-hybridized carbons (Fsp3) is 0.250. The molecule has 1 aromatic heterocycles. The Morgan fingerprint density at radius 2 is 1.52 bits per heavy atom. The van der Waals surface area contributed by atoms with Crippen molar-refractivity contribution in [2.24, 2.45) is 0 Å². The second-order valence-electron chi connectivity index (χ2n) is 5.66. The highest BCUT2D eigenvalue weighted by atomic mass is 16.4. The van der Waals surface area contributed by atoms with Gasteiger partial charge in [0.05, 0.1) is 0 Å². The smallest absolute Gasteiger partial charge is 0.423 e. The van der Waals surface area contributed by atoms with Crippen LogP contribution in [0.4, 0.5) is 0 Å². The Morgan fingerprint density at radius 1 is 0.920 bits per heavy atom. The summed E-state index contributed by atoms with van der Waals surface area (Å²) in [6.07, 6.45) is 5.12.